The zero-order valence-corrected chi connectivity index (χ0v) is 87.5. The summed E-state index contributed by atoms with van der Waals surface area (Å²) in [6, 6.07) is 91.1. The van der Waals surface area contributed by atoms with Crippen LogP contribution in [-0.4, -0.2) is 116 Å². The second kappa shape index (κ2) is 44.4. The highest BCUT2D eigenvalue weighted by atomic mass is 32.2. The zero-order valence-electron chi connectivity index (χ0n) is 85.0. The Morgan fingerprint density at radius 2 is 0.639 bits per heavy atom. The Kier molecular flexibility index (Phi) is 31.8. The number of esters is 7. The van der Waals surface area contributed by atoms with Gasteiger partial charge in [0.1, 0.15) is 30.0 Å². The maximum Gasteiger partial charge on any atom is 0.377 e. The zero-order chi connectivity index (χ0) is 103. The number of aryl methyl sites for hydroxylation is 3. The van der Waals surface area contributed by atoms with E-state index in [9.17, 15) is 59.9 Å². The minimum Gasteiger partial charge on any atom is -0.458 e. The number of rotatable bonds is 25. The van der Waals surface area contributed by atoms with E-state index in [0.29, 0.717) is 88.4 Å². The lowest BCUT2D eigenvalue weighted by atomic mass is 9.48. The van der Waals surface area contributed by atoms with Crippen LogP contribution in [0.1, 0.15) is 186 Å². The lowest BCUT2D eigenvalue weighted by Crippen LogP contribution is -2.60. The van der Waals surface area contributed by atoms with Gasteiger partial charge in [-0.15, -0.1) is 0 Å². The summed E-state index contributed by atoms with van der Waals surface area (Å²) < 4.78 is 129. The number of halogens is 6. The molecule has 0 N–H and O–H groups in total. The molecule has 10 unspecified atom stereocenters. The van der Waals surface area contributed by atoms with Crippen LogP contribution < -0.4 is 0 Å². The van der Waals surface area contributed by atoms with Crippen LogP contribution in [0.4, 0.5) is 26.3 Å². The fraction of sp³-hybridized carbons (Fsp3) is 0.500. The van der Waals surface area contributed by atoms with Crippen molar-refractivity contribution in [3.05, 3.63) is 271 Å². The Balaban J connectivity index is 0.000000113. The number of alkyl halides is 6. The van der Waals surface area contributed by atoms with E-state index in [-0.39, 0.29) is 93.9 Å². The topological polar surface area (TPSA) is 203 Å². The number of carbonyl (C=O) groups excluding carboxylic acids is 7. The van der Waals surface area contributed by atoms with E-state index in [2.05, 4.69) is 282 Å². The van der Waals surface area contributed by atoms with Gasteiger partial charge >= 0.3 is 59.6 Å². The van der Waals surface area contributed by atoms with Crippen LogP contribution in [0.5, 0.6) is 0 Å². The van der Waals surface area contributed by atoms with E-state index >= 15 is 0 Å². The lowest BCUT2D eigenvalue weighted by molar-refractivity contribution is -0.219. The van der Waals surface area contributed by atoms with Crippen molar-refractivity contribution in [1.82, 2.24) is 0 Å². The van der Waals surface area contributed by atoms with Crippen molar-refractivity contribution in [2.24, 2.45) is 117 Å². The monoisotopic (exact) mass is 2070 g/mol. The number of fused-ring (bicyclic) bond motifs is 1. The first kappa shape index (κ1) is 105. The highest BCUT2D eigenvalue weighted by Crippen LogP contribution is 2.67. The molecule has 10 atom stereocenters. The molecule has 1 saturated heterocycles. The molecule has 9 aromatic carbocycles. The Morgan fingerprint density at radius 1 is 0.347 bits per heavy atom. The number of hydrogen-bond acceptors (Lipinski definition) is 16. The van der Waals surface area contributed by atoms with Gasteiger partial charge in [0.15, 0.2) is 57.6 Å². The summed E-state index contributed by atoms with van der Waals surface area (Å²) in [4.78, 5) is 99.3. The molecule has 778 valence electrons. The summed E-state index contributed by atoms with van der Waals surface area (Å²) in [5, 5.41) is 0. The standard InChI is InChI=1S/C25H34F2O5.C24H30F2O6.C21H21S.2C18H15S.C16H22F2O5/c1-24(26,27)22(28)32-21-18-7-15-8-19(21)11-25(9-15,10-18)23(29)31-12-30-20-16-3-13-2-14(5-16)6-17(20)4-13;1-3-24(12-5-10-4-11(7-12)8-13(24)6-10)32-21(28)17-15-9-14-16(17)20(27)30-18(14)19(15)31-22(29)23(2,25)26;1-16-4-10-19(11-5-16)22(20-12-6-17(2)7-13-20)21-14-8-18(3)9-15-21;2*1-4-10-16(11-5-1)19(17-12-6-2-7-13-17)18-14-8-3-9-15-18;1-15(17,18)13(19)23-12-10-3-9-4-11(12)7-16(5-9,6-10)14(20)22-8-21-2/h13-21H,2-12H2,1H3;10-19H,3-9H2,1-2H3;4-15H,1-3H3;2*1-15H;9-12H,3-8H2,1-2H3/q;;3*+1;. The fourth-order valence-electron chi connectivity index (χ4n) is 29.4. The number of benzene rings is 9. The maximum atomic E-state index is 13.6. The van der Waals surface area contributed by atoms with Crippen molar-refractivity contribution in [3.8, 4) is 0 Å². The predicted octanol–water partition coefficient (Wildman–Crippen LogP) is 26.0. The second-order valence-electron chi connectivity index (χ2n) is 45.0. The summed E-state index contributed by atoms with van der Waals surface area (Å²) in [5.41, 5.74) is 2.28. The number of hydrogen-bond donors (Lipinski definition) is 0. The molecular weight excluding hydrogens is 1930 g/mol. The molecule has 1 aliphatic heterocycles. The first-order chi connectivity index (χ1) is 70.6. The van der Waals surface area contributed by atoms with Crippen LogP contribution in [0, 0.1) is 138 Å². The van der Waals surface area contributed by atoms with Crippen LogP contribution in [0.15, 0.2) is 299 Å². The molecule has 147 heavy (non-hydrogen) atoms. The fourth-order valence-corrected chi connectivity index (χ4v) is 35.6. The van der Waals surface area contributed by atoms with Gasteiger partial charge in [-0.2, -0.15) is 26.3 Å². The third-order valence-corrected chi connectivity index (χ3v) is 41.5. The minimum absolute atomic E-state index is 0.0146. The van der Waals surface area contributed by atoms with Gasteiger partial charge in [-0.1, -0.05) is 169 Å². The van der Waals surface area contributed by atoms with Crippen molar-refractivity contribution < 1.29 is 103 Å². The molecule has 18 aliphatic carbocycles. The van der Waals surface area contributed by atoms with E-state index in [1.165, 1.54) is 106 Å². The molecule has 16 nitrogen and oxygen atoms in total. The van der Waals surface area contributed by atoms with E-state index in [1.54, 1.807) is 0 Å². The molecule has 0 aromatic heterocycles. The van der Waals surface area contributed by atoms with Gasteiger partial charge < -0.3 is 42.6 Å². The van der Waals surface area contributed by atoms with E-state index < -0.39 is 106 Å². The average Bonchev–Trinajstić information content (AvgIpc) is 1.55. The number of ether oxygens (including phenoxy) is 9. The van der Waals surface area contributed by atoms with E-state index in [4.69, 9.17) is 42.6 Å². The highest BCUT2D eigenvalue weighted by Gasteiger charge is 2.72. The first-order valence-electron chi connectivity index (χ1n) is 53.0. The molecule has 1 heterocycles. The maximum absolute atomic E-state index is 13.6. The first-order valence-corrected chi connectivity index (χ1v) is 56.7. The van der Waals surface area contributed by atoms with Crippen LogP contribution in [0.2, 0.25) is 0 Å². The summed E-state index contributed by atoms with van der Waals surface area (Å²) in [6.45, 7) is 10.0. The Labute approximate surface area is 868 Å². The number of methoxy groups -OCH3 is 1. The molecule has 25 heteroatoms. The Morgan fingerprint density at radius 3 is 0.946 bits per heavy atom. The summed E-state index contributed by atoms with van der Waals surface area (Å²) >= 11 is 0. The highest BCUT2D eigenvalue weighted by molar-refractivity contribution is 7.97. The molecule has 19 fully saturated rings. The Bertz CT molecular complexity index is 5540. The minimum atomic E-state index is -3.65. The molecule has 9 aromatic rings. The van der Waals surface area contributed by atoms with Crippen molar-refractivity contribution in [1.29, 1.82) is 0 Å². The van der Waals surface area contributed by atoms with Crippen molar-refractivity contribution in [3.63, 3.8) is 0 Å². The van der Waals surface area contributed by atoms with Gasteiger partial charge in [-0.3, -0.25) is 19.2 Å². The predicted molar refractivity (Wildman–Crippen MR) is 548 cm³/mol. The van der Waals surface area contributed by atoms with Gasteiger partial charge in [0.25, 0.3) is 0 Å². The van der Waals surface area contributed by atoms with E-state index in [1.807, 2.05) is 0 Å². The van der Waals surface area contributed by atoms with Crippen LogP contribution >= 0.6 is 0 Å². The molecule has 18 bridgehead atoms. The van der Waals surface area contributed by atoms with Crippen LogP contribution in [-0.2, 0) is 109 Å². The molecular formula is C122H137F6O16S3+3. The summed E-state index contributed by atoms with van der Waals surface area (Å²) in [6.07, 6.45) is 17.8. The third-order valence-electron chi connectivity index (χ3n) is 34.8. The number of carbonyl (C=O) groups is 7. The van der Waals surface area contributed by atoms with Gasteiger partial charge in [0.2, 0.25) is 0 Å². The van der Waals surface area contributed by atoms with Crippen LogP contribution in [0.3, 0.4) is 0 Å². The van der Waals surface area contributed by atoms with Gasteiger partial charge in [0.05, 0.1) is 61.5 Å². The van der Waals surface area contributed by atoms with Gasteiger partial charge in [-0.25, -0.2) is 14.4 Å². The van der Waals surface area contributed by atoms with Crippen molar-refractivity contribution >= 4 is 74.5 Å². The largest absolute Gasteiger partial charge is 0.458 e. The molecule has 0 radical (unpaired) electrons. The second-order valence-corrected chi connectivity index (χ2v) is 51.1. The van der Waals surface area contributed by atoms with Gasteiger partial charge in [-0.05, 0) is 354 Å². The quantitative estimate of drug-likeness (QED) is 0.0172. The average molecular weight is 2070 g/mol. The summed E-state index contributed by atoms with van der Waals surface area (Å²) in [5.74, 6) is -13.1. The smallest absolute Gasteiger partial charge is 0.377 e. The SMILES string of the molecule is CC(F)(F)C(=O)OC1C2CC3CC1CC(C(=O)OCOC1C4CC5CC(C4)CC1C5)(C3)C2.CCC1(OC(=O)C2C3CC4C(OC(=O)C42)C3OC(=O)C(C)(F)F)C2CC3CC(C2)CC1C3.COCOC(=O)C12CC3CC(C1)C(OC(=O)C(C)(F)F)C(C3)C2.Cc1ccc([S+](c2ccc(C)cc2)c2ccc(C)cc2)cc1.c1ccc([S+](c2ccccc2)c2ccccc2)cc1.c1ccc([S+](c2ccccc2)c2ccccc2)cc1. The van der Waals surface area contributed by atoms with Crippen molar-refractivity contribution in [2.45, 2.75) is 288 Å². The lowest BCUT2D eigenvalue weighted by Gasteiger charge is -2.60. The molecule has 0 amide bonds. The van der Waals surface area contributed by atoms with Crippen molar-refractivity contribution in [2.75, 3.05) is 20.7 Å². The van der Waals surface area contributed by atoms with Crippen LogP contribution in [0.25, 0.3) is 0 Å². The third kappa shape index (κ3) is 22.9. The molecule has 18 saturated carbocycles. The van der Waals surface area contributed by atoms with Gasteiger partial charge in [0, 0.05) is 39.7 Å². The molecule has 0 spiro atoms. The molecule has 19 aliphatic rings. The normalized spacial score (nSPS) is 31.7. The molecule has 28 rings (SSSR count). The van der Waals surface area contributed by atoms with E-state index in [0.717, 1.165) is 94.3 Å². The summed E-state index contributed by atoms with van der Waals surface area (Å²) in [7, 11) is 1.38. The Hall–Kier alpha value is -10.2.